The Morgan fingerprint density at radius 2 is 1.94 bits per heavy atom. The SMILES string of the molecule is CCc1cc(N2C3CCC2CC(O)(c2ccco2)C3)n2nc3nc(C)cc(C)c3c2n1. The number of hydrogen-bond acceptors (Lipinski definition) is 6. The highest BCUT2D eigenvalue weighted by molar-refractivity contribution is 5.93. The maximum Gasteiger partial charge on any atom is 0.184 e. The molecule has 4 aromatic heterocycles. The van der Waals surface area contributed by atoms with Gasteiger partial charge in [-0.1, -0.05) is 6.92 Å². The molecule has 1 N–H and O–H groups in total. The zero-order chi connectivity index (χ0) is 21.3. The van der Waals surface area contributed by atoms with Crippen LogP contribution in [0.4, 0.5) is 5.82 Å². The number of aliphatic hydroxyl groups is 1. The monoisotopic (exact) mass is 417 g/mol. The highest BCUT2D eigenvalue weighted by Crippen LogP contribution is 2.47. The van der Waals surface area contributed by atoms with E-state index in [-0.39, 0.29) is 12.1 Å². The van der Waals surface area contributed by atoms with Gasteiger partial charge in [0.25, 0.3) is 0 Å². The number of rotatable bonds is 3. The topological polar surface area (TPSA) is 79.7 Å². The van der Waals surface area contributed by atoms with Crippen LogP contribution in [0.1, 0.15) is 55.3 Å². The first-order valence-electron chi connectivity index (χ1n) is 11.2. The molecule has 0 spiro atoms. The lowest BCUT2D eigenvalue weighted by atomic mass is 9.84. The molecule has 2 saturated heterocycles. The van der Waals surface area contributed by atoms with Gasteiger partial charge >= 0.3 is 0 Å². The van der Waals surface area contributed by atoms with E-state index in [1.54, 1.807) is 6.26 Å². The van der Waals surface area contributed by atoms with Crippen molar-refractivity contribution in [3.63, 3.8) is 0 Å². The highest BCUT2D eigenvalue weighted by Gasteiger charge is 2.50. The molecule has 0 amide bonds. The predicted molar refractivity (Wildman–Crippen MR) is 118 cm³/mol. The standard InChI is InChI=1S/C24H27N5O2/c1-4-16-11-20(29-23(26-16)21-14(2)10-15(3)25-22(21)27-29)28-17-7-8-18(28)13-24(30,12-17)19-6-5-9-31-19/h5-6,9-11,17-18,30H,4,7-8,12-13H2,1-3H3. The molecule has 2 bridgehead atoms. The van der Waals surface area contributed by atoms with Gasteiger partial charge in [-0.3, -0.25) is 0 Å². The molecule has 6 heterocycles. The molecule has 2 atom stereocenters. The molecule has 2 aliphatic heterocycles. The molecule has 2 fully saturated rings. The van der Waals surface area contributed by atoms with E-state index in [1.165, 1.54) is 0 Å². The summed E-state index contributed by atoms with van der Waals surface area (Å²) in [6, 6.07) is 8.47. The molecular weight excluding hydrogens is 390 g/mol. The third kappa shape index (κ3) is 2.72. The number of aryl methyl sites for hydroxylation is 3. The van der Waals surface area contributed by atoms with Crippen LogP contribution in [-0.4, -0.2) is 36.8 Å². The average Bonchev–Trinajstić information content (AvgIpc) is 3.44. The van der Waals surface area contributed by atoms with Crippen LogP contribution in [0.15, 0.2) is 34.9 Å². The first-order valence-corrected chi connectivity index (χ1v) is 11.2. The van der Waals surface area contributed by atoms with E-state index in [0.717, 1.165) is 58.7 Å². The zero-order valence-electron chi connectivity index (χ0n) is 18.2. The molecular formula is C24H27N5O2. The van der Waals surface area contributed by atoms with E-state index >= 15 is 0 Å². The minimum absolute atomic E-state index is 0.229. The van der Waals surface area contributed by atoms with Gasteiger partial charge in [-0.25, -0.2) is 9.97 Å². The second-order valence-electron chi connectivity index (χ2n) is 9.18. The summed E-state index contributed by atoms with van der Waals surface area (Å²) in [6.07, 6.45) is 5.91. The summed E-state index contributed by atoms with van der Waals surface area (Å²) in [7, 11) is 0. The fourth-order valence-corrected chi connectivity index (χ4v) is 5.76. The minimum atomic E-state index is -0.907. The van der Waals surface area contributed by atoms with E-state index in [0.29, 0.717) is 18.6 Å². The van der Waals surface area contributed by atoms with E-state index < -0.39 is 5.60 Å². The maximum absolute atomic E-state index is 11.4. The lowest BCUT2D eigenvalue weighted by Gasteiger charge is -2.44. The summed E-state index contributed by atoms with van der Waals surface area (Å²) >= 11 is 0. The number of aromatic nitrogens is 4. The molecule has 4 aromatic rings. The second kappa shape index (κ2) is 6.53. The summed E-state index contributed by atoms with van der Waals surface area (Å²) in [5, 5.41) is 17.3. The third-order valence-corrected chi connectivity index (χ3v) is 7.08. The molecule has 0 radical (unpaired) electrons. The summed E-state index contributed by atoms with van der Waals surface area (Å²) in [4.78, 5) is 12.1. The minimum Gasteiger partial charge on any atom is -0.466 e. The molecule has 7 nitrogen and oxygen atoms in total. The number of piperidine rings is 1. The number of furan rings is 1. The molecule has 0 aromatic carbocycles. The van der Waals surface area contributed by atoms with Crippen LogP contribution in [0.3, 0.4) is 0 Å². The summed E-state index contributed by atoms with van der Waals surface area (Å²) < 4.78 is 7.59. The Morgan fingerprint density at radius 1 is 1.16 bits per heavy atom. The van der Waals surface area contributed by atoms with E-state index in [9.17, 15) is 5.11 Å². The van der Waals surface area contributed by atoms with Crippen LogP contribution in [0.25, 0.3) is 16.7 Å². The molecule has 31 heavy (non-hydrogen) atoms. The van der Waals surface area contributed by atoms with Gasteiger partial charge in [-0.15, -0.1) is 5.10 Å². The first kappa shape index (κ1) is 18.8. The van der Waals surface area contributed by atoms with Gasteiger partial charge < -0.3 is 14.4 Å². The Kier molecular flexibility index (Phi) is 3.96. The van der Waals surface area contributed by atoms with Crippen molar-refractivity contribution in [2.45, 2.75) is 70.6 Å². The van der Waals surface area contributed by atoms with Gasteiger partial charge in [0.2, 0.25) is 0 Å². The normalized spacial score (nSPS) is 25.7. The lowest BCUT2D eigenvalue weighted by Crippen LogP contribution is -2.50. The number of anilines is 1. The first-order chi connectivity index (χ1) is 15.0. The molecule has 0 aliphatic carbocycles. The quantitative estimate of drug-likeness (QED) is 0.541. The van der Waals surface area contributed by atoms with Crippen molar-refractivity contribution in [2.24, 2.45) is 0 Å². The Labute approximate surface area is 180 Å². The molecule has 0 saturated carbocycles. The summed E-state index contributed by atoms with van der Waals surface area (Å²) in [6.45, 7) is 6.24. The zero-order valence-corrected chi connectivity index (χ0v) is 18.2. The van der Waals surface area contributed by atoms with E-state index in [1.807, 2.05) is 23.6 Å². The molecule has 2 aliphatic rings. The second-order valence-corrected chi connectivity index (χ2v) is 9.18. The smallest absolute Gasteiger partial charge is 0.184 e. The van der Waals surface area contributed by atoms with Crippen LogP contribution >= 0.6 is 0 Å². The van der Waals surface area contributed by atoms with Crippen molar-refractivity contribution in [3.8, 4) is 0 Å². The lowest BCUT2D eigenvalue weighted by molar-refractivity contribution is -0.0222. The van der Waals surface area contributed by atoms with Gasteiger partial charge in [0, 0.05) is 42.4 Å². The summed E-state index contributed by atoms with van der Waals surface area (Å²) in [5.41, 5.74) is 3.88. The predicted octanol–water partition coefficient (Wildman–Crippen LogP) is 4.07. The molecule has 160 valence electrons. The highest BCUT2D eigenvalue weighted by atomic mass is 16.4. The van der Waals surface area contributed by atoms with Gasteiger partial charge in [-0.2, -0.15) is 4.52 Å². The van der Waals surface area contributed by atoms with Gasteiger partial charge in [0.15, 0.2) is 11.3 Å². The van der Waals surface area contributed by atoms with Gasteiger partial charge in [0.1, 0.15) is 17.2 Å². The van der Waals surface area contributed by atoms with Crippen molar-refractivity contribution in [1.29, 1.82) is 0 Å². The van der Waals surface area contributed by atoms with E-state index in [2.05, 4.69) is 35.9 Å². The Bertz CT molecular complexity index is 1280. The summed E-state index contributed by atoms with van der Waals surface area (Å²) in [5.74, 6) is 1.74. The van der Waals surface area contributed by atoms with Gasteiger partial charge in [-0.05, 0) is 56.9 Å². The maximum atomic E-state index is 11.4. The number of hydrogen-bond donors (Lipinski definition) is 1. The Morgan fingerprint density at radius 3 is 2.61 bits per heavy atom. The number of fused-ring (bicyclic) bond motifs is 5. The van der Waals surface area contributed by atoms with Crippen molar-refractivity contribution >= 4 is 22.5 Å². The van der Waals surface area contributed by atoms with Crippen LogP contribution in [0, 0.1) is 13.8 Å². The fraction of sp³-hybridized carbons (Fsp3) is 0.458. The number of pyridine rings is 1. The van der Waals surface area contributed by atoms with Crippen LogP contribution in [0.5, 0.6) is 0 Å². The molecule has 2 unspecified atom stereocenters. The van der Waals surface area contributed by atoms with Crippen LogP contribution in [0.2, 0.25) is 0 Å². The van der Waals surface area contributed by atoms with Crippen molar-refractivity contribution in [1.82, 2.24) is 19.6 Å². The van der Waals surface area contributed by atoms with Crippen LogP contribution in [-0.2, 0) is 12.0 Å². The largest absolute Gasteiger partial charge is 0.466 e. The molecule has 7 heteroatoms. The Hall–Kier alpha value is -2.93. The van der Waals surface area contributed by atoms with Crippen molar-refractivity contribution in [3.05, 3.63) is 53.2 Å². The van der Waals surface area contributed by atoms with Gasteiger partial charge in [0.05, 0.1) is 11.6 Å². The number of nitrogens with zero attached hydrogens (tertiary/aromatic N) is 5. The average molecular weight is 418 g/mol. The third-order valence-electron chi connectivity index (χ3n) is 7.08. The van der Waals surface area contributed by atoms with Crippen molar-refractivity contribution < 1.29 is 9.52 Å². The Balaban J connectivity index is 1.51. The van der Waals surface area contributed by atoms with E-state index in [4.69, 9.17) is 14.5 Å². The molecule has 6 rings (SSSR count). The van der Waals surface area contributed by atoms with Crippen molar-refractivity contribution in [2.75, 3.05) is 4.90 Å². The fourth-order valence-electron chi connectivity index (χ4n) is 5.76. The van der Waals surface area contributed by atoms with Crippen LogP contribution < -0.4 is 4.90 Å².